The SMILES string of the molecule is CN(C)CCOc1ccc(/C(=C(/CCCl)c2ccc(Cl)cc2)c2ccccc2)cc1. The largest absolute Gasteiger partial charge is 0.492 e. The van der Waals surface area contributed by atoms with Crippen molar-refractivity contribution in [2.45, 2.75) is 6.42 Å². The Morgan fingerprint density at radius 3 is 2.00 bits per heavy atom. The Morgan fingerprint density at radius 1 is 0.800 bits per heavy atom. The van der Waals surface area contributed by atoms with Crippen LogP contribution in [0.25, 0.3) is 11.1 Å². The molecule has 0 unspecified atom stereocenters. The van der Waals surface area contributed by atoms with Gasteiger partial charge in [0.15, 0.2) is 0 Å². The maximum Gasteiger partial charge on any atom is 0.119 e. The monoisotopic (exact) mass is 439 g/mol. The minimum Gasteiger partial charge on any atom is -0.492 e. The fraction of sp³-hybridized carbons (Fsp3) is 0.231. The van der Waals surface area contributed by atoms with Gasteiger partial charge in [0.05, 0.1) is 0 Å². The average molecular weight is 440 g/mol. The predicted octanol–water partition coefficient (Wildman–Crippen LogP) is 6.87. The lowest BCUT2D eigenvalue weighted by Gasteiger charge is -2.17. The Hall–Kier alpha value is -2.26. The van der Waals surface area contributed by atoms with Crippen LogP contribution in [0.1, 0.15) is 23.1 Å². The first kappa shape index (κ1) is 22.4. The predicted molar refractivity (Wildman–Crippen MR) is 130 cm³/mol. The lowest BCUT2D eigenvalue weighted by molar-refractivity contribution is 0.261. The van der Waals surface area contributed by atoms with Crippen LogP contribution >= 0.6 is 23.2 Å². The minimum atomic E-state index is 0.542. The molecule has 0 spiro atoms. The number of benzene rings is 3. The second kappa shape index (κ2) is 11.2. The van der Waals surface area contributed by atoms with Gasteiger partial charge in [-0.2, -0.15) is 0 Å². The maximum absolute atomic E-state index is 6.22. The van der Waals surface area contributed by atoms with Crippen molar-refractivity contribution in [2.24, 2.45) is 0 Å². The molecule has 0 aliphatic carbocycles. The molecule has 0 bridgehead atoms. The first-order valence-corrected chi connectivity index (χ1v) is 11.0. The Morgan fingerprint density at radius 2 is 1.40 bits per heavy atom. The van der Waals surface area contributed by atoms with E-state index in [1.165, 1.54) is 11.1 Å². The highest BCUT2D eigenvalue weighted by Crippen LogP contribution is 2.35. The molecule has 0 amide bonds. The summed E-state index contributed by atoms with van der Waals surface area (Å²) < 4.78 is 5.87. The molecule has 0 fully saturated rings. The molecule has 0 radical (unpaired) electrons. The zero-order chi connectivity index (χ0) is 21.3. The van der Waals surface area contributed by atoms with E-state index in [1.807, 2.05) is 44.4 Å². The van der Waals surface area contributed by atoms with E-state index in [-0.39, 0.29) is 0 Å². The molecule has 0 saturated carbocycles. The van der Waals surface area contributed by atoms with Crippen LogP contribution in [0.4, 0.5) is 0 Å². The van der Waals surface area contributed by atoms with E-state index in [1.54, 1.807) is 0 Å². The molecule has 0 aliphatic heterocycles. The maximum atomic E-state index is 6.22. The Kier molecular flexibility index (Phi) is 8.39. The molecular weight excluding hydrogens is 413 g/mol. The number of rotatable bonds is 9. The molecule has 0 heterocycles. The number of hydrogen-bond donors (Lipinski definition) is 0. The quantitative estimate of drug-likeness (QED) is 0.266. The molecule has 3 aromatic rings. The van der Waals surface area contributed by atoms with Crippen molar-refractivity contribution < 1.29 is 4.74 Å². The van der Waals surface area contributed by atoms with Gasteiger partial charge < -0.3 is 9.64 Å². The van der Waals surface area contributed by atoms with Crippen LogP contribution in [0.5, 0.6) is 5.75 Å². The highest BCUT2D eigenvalue weighted by atomic mass is 35.5. The van der Waals surface area contributed by atoms with Crippen LogP contribution < -0.4 is 4.74 Å². The second-order valence-corrected chi connectivity index (χ2v) is 8.16. The molecule has 0 aliphatic rings. The third-order valence-electron chi connectivity index (χ3n) is 4.85. The van der Waals surface area contributed by atoms with Crippen LogP contribution in [-0.2, 0) is 0 Å². The number of nitrogens with zero attached hydrogens (tertiary/aromatic N) is 1. The van der Waals surface area contributed by atoms with Crippen molar-refractivity contribution in [1.29, 1.82) is 0 Å². The van der Waals surface area contributed by atoms with Crippen molar-refractivity contribution in [2.75, 3.05) is 33.1 Å². The van der Waals surface area contributed by atoms with Gasteiger partial charge in [-0.05, 0) is 72.6 Å². The van der Waals surface area contributed by atoms with Crippen molar-refractivity contribution in [1.82, 2.24) is 4.90 Å². The van der Waals surface area contributed by atoms with E-state index >= 15 is 0 Å². The van der Waals surface area contributed by atoms with Gasteiger partial charge in [0.25, 0.3) is 0 Å². The molecule has 0 saturated heterocycles. The lowest BCUT2D eigenvalue weighted by Crippen LogP contribution is -2.19. The summed E-state index contributed by atoms with van der Waals surface area (Å²) in [4.78, 5) is 2.11. The van der Waals surface area contributed by atoms with Gasteiger partial charge in [-0.1, -0.05) is 66.2 Å². The molecule has 2 nitrogen and oxygen atoms in total. The number of ether oxygens (including phenoxy) is 1. The summed E-state index contributed by atoms with van der Waals surface area (Å²) >= 11 is 12.3. The first-order valence-electron chi connectivity index (χ1n) is 10.1. The summed E-state index contributed by atoms with van der Waals surface area (Å²) in [5.41, 5.74) is 5.81. The summed E-state index contributed by atoms with van der Waals surface area (Å²) in [6, 6.07) is 26.7. The molecule has 30 heavy (non-hydrogen) atoms. The van der Waals surface area contributed by atoms with Crippen LogP contribution in [-0.4, -0.2) is 38.0 Å². The van der Waals surface area contributed by atoms with Crippen molar-refractivity contribution in [3.05, 3.63) is 101 Å². The molecule has 0 aromatic heterocycles. The molecular formula is C26H27Cl2NO. The van der Waals surface area contributed by atoms with Crippen molar-refractivity contribution in [3.8, 4) is 5.75 Å². The highest BCUT2D eigenvalue weighted by molar-refractivity contribution is 6.30. The molecule has 0 atom stereocenters. The summed E-state index contributed by atoms with van der Waals surface area (Å²) in [5.74, 6) is 1.42. The van der Waals surface area contributed by atoms with E-state index in [0.717, 1.165) is 40.4 Å². The zero-order valence-corrected chi connectivity index (χ0v) is 19.0. The molecule has 4 heteroatoms. The first-order chi connectivity index (χ1) is 14.6. The fourth-order valence-corrected chi connectivity index (χ4v) is 3.66. The van der Waals surface area contributed by atoms with Crippen LogP contribution in [0.15, 0.2) is 78.9 Å². The van der Waals surface area contributed by atoms with Crippen LogP contribution in [0, 0.1) is 0 Å². The van der Waals surface area contributed by atoms with E-state index in [4.69, 9.17) is 27.9 Å². The van der Waals surface area contributed by atoms with Gasteiger partial charge in [-0.15, -0.1) is 11.6 Å². The van der Waals surface area contributed by atoms with Crippen molar-refractivity contribution >= 4 is 34.3 Å². The Bertz CT molecular complexity index is 949. The fourth-order valence-electron chi connectivity index (χ4n) is 3.34. The van der Waals surface area contributed by atoms with E-state index < -0.39 is 0 Å². The molecule has 3 aromatic carbocycles. The third kappa shape index (κ3) is 6.12. The number of alkyl halides is 1. The summed E-state index contributed by atoms with van der Waals surface area (Å²) in [7, 11) is 4.08. The minimum absolute atomic E-state index is 0.542. The van der Waals surface area contributed by atoms with Gasteiger partial charge in [0.2, 0.25) is 0 Å². The van der Waals surface area contributed by atoms with Crippen LogP contribution in [0.3, 0.4) is 0 Å². The molecule has 3 rings (SSSR count). The Balaban J connectivity index is 2.04. The standard InChI is InChI=1S/C26H27Cl2NO/c1-29(2)18-19-30-24-14-10-22(11-15-24)26(21-6-4-3-5-7-21)25(16-17-27)20-8-12-23(28)13-9-20/h3-15H,16-19H2,1-2H3/b26-25-. The van der Waals surface area contributed by atoms with Gasteiger partial charge in [0.1, 0.15) is 12.4 Å². The molecule has 156 valence electrons. The average Bonchev–Trinajstić information content (AvgIpc) is 2.76. The van der Waals surface area contributed by atoms with E-state index in [9.17, 15) is 0 Å². The van der Waals surface area contributed by atoms with Crippen molar-refractivity contribution in [3.63, 3.8) is 0 Å². The normalized spacial score (nSPS) is 12.0. The van der Waals surface area contributed by atoms with Gasteiger partial charge >= 0.3 is 0 Å². The second-order valence-electron chi connectivity index (χ2n) is 7.34. The van der Waals surface area contributed by atoms with E-state index in [2.05, 4.69) is 53.4 Å². The highest BCUT2D eigenvalue weighted by Gasteiger charge is 2.14. The van der Waals surface area contributed by atoms with Gasteiger partial charge in [-0.3, -0.25) is 0 Å². The van der Waals surface area contributed by atoms with Gasteiger partial charge in [0, 0.05) is 17.4 Å². The van der Waals surface area contributed by atoms with Crippen LogP contribution in [0.2, 0.25) is 5.02 Å². The Labute approximate surface area is 189 Å². The summed E-state index contributed by atoms with van der Waals surface area (Å²) in [5, 5.41) is 0.726. The smallest absolute Gasteiger partial charge is 0.119 e. The number of halogens is 2. The number of likely N-dealkylation sites (N-methyl/N-ethyl adjacent to an activating group) is 1. The third-order valence-corrected chi connectivity index (χ3v) is 5.29. The number of hydrogen-bond acceptors (Lipinski definition) is 2. The lowest BCUT2D eigenvalue weighted by atomic mass is 9.88. The zero-order valence-electron chi connectivity index (χ0n) is 17.4. The van der Waals surface area contributed by atoms with E-state index in [0.29, 0.717) is 12.5 Å². The number of allylic oxidation sites excluding steroid dienone is 1. The summed E-state index contributed by atoms with van der Waals surface area (Å²) in [6.45, 7) is 1.54. The topological polar surface area (TPSA) is 12.5 Å². The molecule has 0 N–H and O–H groups in total. The van der Waals surface area contributed by atoms with Gasteiger partial charge in [-0.25, -0.2) is 0 Å². The summed E-state index contributed by atoms with van der Waals surface area (Å²) in [6.07, 6.45) is 0.758.